The third-order valence-corrected chi connectivity index (χ3v) is 5.29. The summed E-state index contributed by atoms with van der Waals surface area (Å²) in [7, 11) is 0. The summed E-state index contributed by atoms with van der Waals surface area (Å²) in [6.07, 6.45) is 11.3. The molecule has 0 bridgehead atoms. The molecule has 1 saturated carbocycles. The third kappa shape index (κ3) is 3.48. The molecular weight excluding hydrogens is 220 g/mol. The van der Waals surface area contributed by atoms with Crippen LogP contribution in [0, 0.1) is 11.8 Å². The van der Waals surface area contributed by atoms with Crippen molar-refractivity contribution in [2.75, 3.05) is 13.1 Å². The minimum absolute atomic E-state index is 0.654. The summed E-state index contributed by atoms with van der Waals surface area (Å²) in [6.45, 7) is 6.99. The highest BCUT2D eigenvalue weighted by atomic mass is 15.2. The zero-order chi connectivity index (χ0) is 13.0. The van der Waals surface area contributed by atoms with E-state index in [1.165, 1.54) is 57.9 Å². The fourth-order valence-corrected chi connectivity index (χ4v) is 4.22. The summed E-state index contributed by atoms with van der Waals surface area (Å²) in [6, 6.07) is 1.40. The van der Waals surface area contributed by atoms with Crippen LogP contribution >= 0.6 is 0 Å². The summed E-state index contributed by atoms with van der Waals surface area (Å²) in [5, 5.41) is 0. The maximum Gasteiger partial charge on any atom is 0.0249 e. The second-order valence-corrected chi connectivity index (χ2v) is 6.77. The molecule has 4 atom stereocenters. The van der Waals surface area contributed by atoms with Crippen LogP contribution in [0.5, 0.6) is 0 Å². The van der Waals surface area contributed by atoms with E-state index in [0.29, 0.717) is 6.04 Å². The predicted octanol–water partition coefficient (Wildman–Crippen LogP) is 3.40. The van der Waals surface area contributed by atoms with Gasteiger partial charge in [-0.2, -0.15) is 0 Å². The van der Waals surface area contributed by atoms with E-state index < -0.39 is 0 Å². The van der Waals surface area contributed by atoms with Crippen molar-refractivity contribution < 1.29 is 0 Å². The summed E-state index contributed by atoms with van der Waals surface area (Å²) >= 11 is 0. The fourth-order valence-electron chi connectivity index (χ4n) is 4.22. The molecule has 18 heavy (non-hydrogen) atoms. The molecule has 0 aromatic carbocycles. The smallest absolute Gasteiger partial charge is 0.0249 e. The Hall–Kier alpha value is -0.0800. The molecule has 1 heterocycles. The van der Waals surface area contributed by atoms with Crippen LogP contribution in [0.25, 0.3) is 0 Å². The minimum atomic E-state index is 0.654. The molecule has 0 aromatic heterocycles. The van der Waals surface area contributed by atoms with Gasteiger partial charge in [0.05, 0.1) is 0 Å². The van der Waals surface area contributed by atoms with Gasteiger partial charge >= 0.3 is 0 Å². The lowest BCUT2D eigenvalue weighted by molar-refractivity contribution is 0.0780. The van der Waals surface area contributed by atoms with Gasteiger partial charge in [0, 0.05) is 18.6 Å². The van der Waals surface area contributed by atoms with E-state index in [4.69, 9.17) is 5.73 Å². The maximum absolute atomic E-state index is 6.15. The molecule has 2 rings (SSSR count). The molecule has 1 aliphatic carbocycles. The van der Waals surface area contributed by atoms with Crippen molar-refractivity contribution in [3.8, 4) is 0 Å². The average molecular weight is 252 g/mol. The normalized spacial score (nSPS) is 37.2. The van der Waals surface area contributed by atoms with Gasteiger partial charge < -0.3 is 5.73 Å². The number of nitrogens with zero attached hydrogens (tertiary/aromatic N) is 1. The van der Waals surface area contributed by atoms with Crippen LogP contribution in [-0.2, 0) is 0 Å². The van der Waals surface area contributed by atoms with Crippen molar-refractivity contribution in [1.29, 1.82) is 0 Å². The van der Waals surface area contributed by atoms with Gasteiger partial charge in [0.1, 0.15) is 0 Å². The van der Waals surface area contributed by atoms with Gasteiger partial charge in [-0.05, 0) is 51.0 Å². The molecule has 0 radical (unpaired) electrons. The molecule has 2 heteroatoms. The van der Waals surface area contributed by atoms with Crippen LogP contribution in [0.2, 0.25) is 0 Å². The highest BCUT2D eigenvalue weighted by Gasteiger charge is 2.32. The van der Waals surface area contributed by atoms with E-state index in [1.807, 2.05) is 0 Å². The van der Waals surface area contributed by atoms with Crippen LogP contribution in [0.1, 0.15) is 65.2 Å². The Labute approximate surface area is 113 Å². The topological polar surface area (TPSA) is 29.3 Å². The molecule has 1 aliphatic heterocycles. The first kappa shape index (κ1) is 14.3. The molecule has 2 fully saturated rings. The number of likely N-dealkylation sites (tertiary alicyclic amines) is 1. The number of hydrogen-bond donors (Lipinski definition) is 1. The molecule has 0 spiro atoms. The van der Waals surface area contributed by atoms with Crippen molar-refractivity contribution in [3.63, 3.8) is 0 Å². The van der Waals surface area contributed by atoms with Crippen molar-refractivity contribution in [1.82, 2.24) is 4.90 Å². The molecule has 1 saturated heterocycles. The summed E-state index contributed by atoms with van der Waals surface area (Å²) in [5.74, 6) is 1.78. The molecule has 2 aliphatic rings. The molecule has 0 amide bonds. The van der Waals surface area contributed by atoms with Gasteiger partial charge in [-0.15, -0.1) is 0 Å². The van der Waals surface area contributed by atoms with E-state index in [0.717, 1.165) is 24.4 Å². The van der Waals surface area contributed by atoms with Crippen LogP contribution < -0.4 is 5.73 Å². The number of rotatable bonds is 3. The Bertz CT molecular complexity index is 241. The van der Waals surface area contributed by atoms with E-state index in [1.54, 1.807) is 0 Å². The standard InChI is InChI=1S/C16H32N2/c1-13-7-6-9-15(11-13)16(12-17)18-10-5-3-4-8-14(18)2/h13-16H,3-12,17H2,1-2H3. The Morgan fingerprint density at radius 2 is 1.89 bits per heavy atom. The monoisotopic (exact) mass is 252 g/mol. The lowest BCUT2D eigenvalue weighted by Crippen LogP contribution is -2.50. The summed E-state index contributed by atoms with van der Waals surface area (Å²) in [4.78, 5) is 2.76. The third-order valence-electron chi connectivity index (χ3n) is 5.29. The van der Waals surface area contributed by atoms with Gasteiger partial charge in [-0.1, -0.05) is 32.6 Å². The van der Waals surface area contributed by atoms with E-state index in [9.17, 15) is 0 Å². The predicted molar refractivity (Wildman–Crippen MR) is 78.6 cm³/mol. The summed E-state index contributed by atoms with van der Waals surface area (Å²) < 4.78 is 0. The SMILES string of the molecule is CC1CCCC(C(CN)N2CCCCCC2C)C1. The first-order valence-corrected chi connectivity index (χ1v) is 8.18. The second-order valence-electron chi connectivity index (χ2n) is 6.77. The number of nitrogens with two attached hydrogens (primary N) is 1. The zero-order valence-electron chi connectivity index (χ0n) is 12.4. The first-order valence-electron chi connectivity index (χ1n) is 8.18. The number of hydrogen-bond acceptors (Lipinski definition) is 2. The molecule has 0 aromatic rings. The quantitative estimate of drug-likeness (QED) is 0.834. The molecular formula is C16H32N2. The first-order chi connectivity index (χ1) is 8.72. The van der Waals surface area contributed by atoms with Crippen LogP contribution in [0.4, 0.5) is 0 Å². The Kier molecular flexibility index (Phi) is 5.50. The van der Waals surface area contributed by atoms with E-state index in [2.05, 4.69) is 18.7 Å². The Balaban J connectivity index is 2.01. The lowest BCUT2D eigenvalue weighted by atomic mass is 9.77. The van der Waals surface area contributed by atoms with Crippen LogP contribution in [0.15, 0.2) is 0 Å². The van der Waals surface area contributed by atoms with Gasteiger partial charge in [-0.25, -0.2) is 0 Å². The van der Waals surface area contributed by atoms with Crippen LogP contribution in [0.3, 0.4) is 0 Å². The molecule has 4 unspecified atom stereocenters. The van der Waals surface area contributed by atoms with Crippen molar-refractivity contribution >= 4 is 0 Å². The Morgan fingerprint density at radius 1 is 1.06 bits per heavy atom. The maximum atomic E-state index is 6.15. The summed E-state index contributed by atoms with van der Waals surface area (Å²) in [5.41, 5.74) is 6.15. The van der Waals surface area contributed by atoms with Crippen molar-refractivity contribution in [2.45, 2.75) is 77.3 Å². The van der Waals surface area contributed by atoms with Gasteiger partial charge in [-0.3, -0.25) is 4.90 Å². The van der Waals surface area contributed by atoms with Gasteiger partial charge in [0.25, 0.3) is 0 Å². The minimum Gasteiger partial charge on any atom is -0.329 e. The van der Waals surface area contributed by atoms with Gasteiger partial charge in [0.15, 0.2) is 0 Å². The van der Waals surface area contributed by atoms with Crippen molar-refractivity contribution in [2.24, 2.45) is 17.6 Å². The highest BCUT2D eigenvalue weighted by Crippen LogP contribution is 2.34. The molecule has 2 nitrogen and oxygen atoms in total. The highest BCUT2D eigenvalue weighted by molar-refractivity contribution is 4.87. The van der Waals surface area contributed by atoms with Crippen molar-refractivity contribution in [3.05, 3.63) is 0 Å². The van der Waals surface area contributed by atoms with E-state index in [-0.39, 0.29) is 0 Å². The molecule has 106 valence electrons. The van der Waals surface area contributed by atoms with Crippen LogP contribution in [-0.4, -0.2) is 30.1 Å². The molecule has 2 N–H and O–H groups in total. The second kappa shape index (κ2) is 6.91. The fraction of sp³-hybridized carbons (Fsp3) is 1.00. The van der Waals surface area contributed by atoms with E-state index >= 15 is 0 Å². The average Bonchev–Trinajstić information content (AvgIpc) is 2.56. The van der Waals surface area contributed by atoms with Gasteiger partial charge in [0.2, 0.25) is 0 Å². The zero-order valence-corrected chi connectivity index (χ0v) is 12.4. The largest absolute Gasteiger partial charge is 0.329 e. The lowest BCUT2D eigenvalue weighted by Gasteiger charge is -2.42. The Morgan fingerprint density at radius 3 is 2.61 bits per heavy atom.